The van der Waals surface area contributed by atoms with E-state index >= 15 is 0 Å². The SMILES string of the molecule is Clc1cc(N2CCN(Cc3ccccc3)CC2)c(Cl)nn1. The minimum atomic E-state index is 0.376. The van der Waals surface area contributed by atoms with E-state index in [1.165, 1.54) is 5.56 Å². The molecule has 1 aliphatic heterocycles. The van der Waals surface area contributed by atoms with Crippen molar-refractivity contribution in [3.63, 3.8) is 0 Å². The lowest BCUT2D eigenvalue weighted by molar-refractivity contribution is 0.250. The van der Waals surface area contributed by atoms with Crippen molar-refractivity contribution in [3.8, 4) is 0 Å². The van der Waals surface area contributed by atoms with E-state index in [1.54, 1.807) is 6.07 Å². The van der Waals surface area contributed by atoms with E-state index in [4.69, 9.17) is 23.2 Å². The van der Waals surface area contributed by atoms with Gasteiger partial charge in [-0.15, -0.1) is 10.2 Å². The molecule has 0 N–H and O–H groups in total. The quantitative estimate of drug-likeness (QED) is 0.869. The summed E-state index contributed by atoms with van der Waals surface area (Å²) in [7, 11) is 0. The monoisotopic (exact) mass is 322 g/mol. The van der Waals surface area contributed by atoms with Crippen LogP contribution in [-0.4, -0.2) is 41.3 Å². The minimum Gasteiger partial charge on any atom is -0.366 e. The molecule has 6 heteroatoms. The van der Waals surface area contributed by atoms with Gasteiger partial charge in [-0.3, -0.25) is 4.90 Å². The largest absolute Gasteiger partial charge is 0.366 e. The summed E-state index contributed by atoms with van der Waals surface area (Å²) in [5.41, 5.74) is 2.22. The van der Waals surface area contributed by atoms with E-state index < -0.39 is 0 Å². The Kier molecular flexibility index (Phi) is 4.58. The topological polar surface area (TPSA) is 32.3 Å². The molecule has 0 aliphatic carbocycles. The van der Waals surface area contributed by atoms with E-state index in [1.807, 2.05) is 6.07 Å². The first-order chi connectivity index (χ1) is 10.2. The second-order valence-corrected chi connectivity index (χ2v) is 5.84. The third kappa shape index (κ3) is 3.64. The van der Waals surface area contributed by atoms with Crippen LogP contribution >= 0.6 is 23.2 Å². The fourth-order valence-corrected chi connectivity index (χ4v) is 2.91. The van der Waals surface area contributed by atoms with Crippen molar-refractivity contribution in [2.24, 2.45) is 0 Å². The van der Waals surface area contributed by atoms with Crippen molar-refractivity contribution in [2.45, 2.75) is 6.54 Å². The summed E-state index contributed by atoms with van der Waals surface area (Å²) in [6.45, 7) is 4.79. The minimum absolute atomic E-state index is 0.376. The fraction of sp³-hybridized carbons (Fsp3) is 0.333. The van der Waals surface area contributed by atoms with Crippen LogP contribution in [0.2, 0.25) is 10.3 Å². The summed E-state index contributed by atoms with van der Waals surface area (Å²) < 4.78 is 0. The van der Waals surface area contributed by atoms with Gasteiger partial charge in [-0.05, 0) is 5.56 Å². The first kappa shape index (κ1) is 14.6. The molecule has 0 radical (unpaired) electrons. The van der Waals surface area contributed by atoms with E-state index in [-0.39, 0.29) is 0 Å². The van der Waals surface area contributed by atoms with Crippen molar-refractivity contribution in [1.82, 2.24) is 15.1 Å². The second-order valence-electron chi connectivity index (χ2n) is 5.09. The van der Waals surface area contributed by atoms with Crippen LogP contribution in [0.25, 0.3) is 0 Å². The lowest BCUT2D eigenvalue weighted by Crippen LogP contribution is -2.46. The highest BCUT2D eigenvalue weighted by Crippen LogP contribution is 2.26. The molecule has 1 aromatic heterocycles. The molecule has 3 rings (SSSR count). The number of piperazine rings is 1. The second kappa shape index (κ2) is 6.60. The first-order valence-electron chi connectivity index (χ1n) is 6.92. The van der Waals surface area contributed by atoms with Gasteiger partial charge in [-0.25, -0.2) is 0 Å². The Balaban J connectivity index is 1.61. The number of rotatable bonds is 3. The smallest absolute Gasteiger partial charge is 0.175 e. The van der Waals surface area contributed by atoms with E-state index in [0.717, 1.165) is 38.4 Å². The highest BCUT2D eigenvalue weighted by Gasteiger charge is 2.20. The molecule has 0 spiro atoms. The number of nitrogens with zero attached hydrogens (tertiary/aromatic N) is 4. The average molecular weight is 323 g/mol. The van der Waals surface area contributed by atoms with Gasteiger partial charge in [0.2, 0.25) is 0 Å². The third-order valence-corrected chi connectivity index (χ3v) is 4.12. The maximum Gasteiger partial charge on any atom is 0.175 e. The van der Waals surface area contributed by atoms with Crippen LogP contribution in [-0.2, 0) is 6.54 Å². The molecule has 0 saturated carbocycles. The summed E-state index contributed by atoms with van der Waals surface area (Å²) in [6.07, 6.45) is 0. The van der Waals surface area contributed by atoms with Crippen LogP contribution in [0.15, 0.2) is 36.4 Å². The molecule has 2 heterocycles. The molecule has 0 amide bonds. The molecule has 0 unspecified atom stereocenters. The number of aromatic nitrogens is 2. The Morgan fingerprint density at radius 1 is 0.952 bits per heavy atom. The molecule has 110 valence electrons. The van der Waals surface area contributed by atoms with E-state index in [9.17, 15) is 0 Å². The molecule has 1 fully saturated rings. The van der Waals surface area contributed by atoms with Crippen LogP contribution in [0.5, 0.6) is 0 Å². The van der Waals surface area contributed by atoms with Crippen molar-refractivity contribution in [3.05, 3.63) is 52.3 Å². The highest BCUT2D eigenvalue weighted by molar-refractivity contribution is 6.33. The predicted molar refractivity (Wildman–Crippen MR) is 86.0 cm³/mol. The van der Waals surface area contributed by atoms with Gasteiger partial charge in [0.25, 0.3) is 0 Å². The highest BCUT2D eigenvalue weighted by atomic mass is 35.5. The Morgan fingerprint density at radius 2 is 1.67 bits per heavy atom. The Bertz CT molecular complexity index is 598. The maximum absolute atomic E-state index is 6.11. The lowest BCUT2D eigenvalue weighted by Gasteiger charge is -2.36. The molecule has 2 aromatic rings. The molecule has 0 atom stereocenters. The van der Waals surface area contributed by atoms with Gasteiger partial charge in [-0.2, -0.15) is 0 Å². The number of hydrogen-bond acceptors (Lipinski definition) is 4. The lowest BCUT2D eigenvalue weighted by atomic mass is 10.2. The standard InChI is InChI=1S/C15H16Cl2N4/c16-14-10-13(15(17)19-18-14)21-8-6-20(7-9-21)11-12-4-2-1-3-5-12/h1-5,10H,6-9,11H2. The van der Waals surface area contributed by atoms with Crippen LogP contribution in [0.4, 0.5) is 5.69 Å². The van der Waals surface area contributed by atoms with Crippen LogP contribution in [0.1, 0.15) is 5.56 Å². The summed E-state index contributed by atoms with van der Waals surface area (Å²) >= 11 is 12.0. The van der Waals surface area contributed by atoms with Crippen LogP contribution < -0.4 is 4.90 Å². The van der Waals surface area contributed by atoms with Crippen molar-refractivity contribution in [1.29, 1.82) is 0 Å². The summed E-state index contributed by atoms with van der Waals surface area (Å²) in [6, 6.07) is 12.3. The number of benzene rings is 1. The van der Waals surface area contributed by atoms with Gasteiger partial charge >= 0.3 is 0 Å². The zero-order valence-electron chi connectivity index (χ0n) is 11.5. The van der Waals surface area contributed by atoms with E-state index in [0.29, 0.717) is 10.3 Å². The Labute approximate surface area is 134 Å². The van der Waals surface area contributed by atoms with Crippen molar-refractivity contribution >= 4 is 28.9 Å². The Hall–Kier alpha value is -1.36. The maximum atomic E-state index is 6.11. The van der Waals surface area contributed by atoms with Crippen LogP contribution in [0, 0.1) is 0 Å². The van der Waals surface area contributed by atoms with Gasteiger partial charge < -0.3 is 4.90 Å². The third-order valence-electron chi connectivity index (χ3n) is 3.66. The predicted octanol–water partition coefficient (Wildman–Crippen LogP) is 3.11. The number of hydrogen-bond donors (Lipinski definition) is 0. The van der Waals surface area contributed by atoms with Gasteiger partial charge in [-0.1, -0.05) is 53.5 Å². The van der Waals surface area contributed by atoms with E-state index in [2.05, 4.69) is 44.3 Å². The average Bonchev–Trinajstić information content (AvgIpc) is 2.52. The zero-order chi connectivity index (χ0) is 14.7. The normalized spacial score (nSPS) is 16.2. The molecule has 4 nitrogen and oxygen atoms in total. The van der Waals surface area contributed by atoms with Crippen LogP contribution in [0.3, 0.4) is 0 Å². The number of anilines is 1. The van der Waals surface area contributed by atoms with Crippen molar-refractivity contribution < 1.29 is 0 Å². The summed E-state index contributed by atoms with van der Waals surface area (Å²) in [5, 5.41) is 8.41. The summed E-state index contributed by atoms with van der Waals surface area (Å²) in [4.78, 5) is 4.65. The Morgan fingerprint density at radius 3 is 2.38 bits per heavy atom. The van der Waals surface area contributed by atoms with Gasteiger partial charge in [0, 0.05) is 38.8 Å². The molecule has 1 saturated heterocycles. The zero-order valence-corrected chi connectivity index (χ0v) is 13.1. The molecular weight excluding hydrogens is 307 g/mol. The summed E-state index contributed by atoms with van der Waals surface area (Å²) in [5.74, 6) is 0. The molecule has 1 aliphatic rings. The molecular formula is C15H16Cl2N4. The van der Waals surface area contributed by atoms with Crippen molar-refractivity contribution in [2.75, 3.05) is 31.1 Å². The van der Waals surface area contributed by atoms with Gasteiger partial charge in [0.15, 0.2) is 10.3 Å². The molecule has 1 aromatic carbocycles. The first-order valence-corrected chi connectivity index (χ1v) is 7.68. The molecule has 0 bridgehead atoms. The fourth-order valence-electron chi connectivity index (χ4n) is 2.55. The van der Waals surface area contributed by atoms with Gasteiger partial charge in [0.05, 0.1) is 5.69 Å². The number of halogens is 2. The molecule has 21 heavy (non-hydrogen) atoms. The van der Waals surface area contributed by atoms with Gasteiger partial charge in [0.1, 0.15) is 0 Å².